The number of carbonyl (C=O) groups excluding carboxylic acids is 1. The molecule has 1 heterocycles. The van der Waals surface area contributed by atoms with Crippen LogP contribution in [-0.2, 0) is 0 Å². The van der Waals surface area contributed by atoms with Crippen LogP contribution < -0.4 is 0 Å². The number of nitrogens with zero attached hydrogens (tertiary/aromatic N) is 1. The van der Waals surface area contributed by atoms with Crippen LogP contribution in [-0.4, -0.2) is 23.9 Å². The van der Waals surface area contributed by atoms with E-state index >= 15 is 0 Å². The molecule has 0 atom stereocenters. The maximum atomic E-state index is 13.5. The third-order valence-electron chi connectivity index (χ3n) is 2.88. The molecule has 17 heavy (non-hydrogen) atoms. The highest BCUT2D eigenvalue weighted by Crippen LogP contribution is 2.22. The molecule has 0 saturated carbocycles. The van der Waals surface area contributed by atoms with Gasteiger partial charge in [0, 0.05) is 19.2 Å². The van der Waals surface area contributed by atoms with Crippen molar-refractivity contribution in [3.05, 3.63) is 34.4 Å². The van der Waals surface area contributed by atoms with Crippen molar-refractivity contribution in [2.45, 2.75) is 19.3 Å². The molecule has 1 fully saturated rings. The van der Waals surface area contributed by atoms with Crippen molar-refractivity contribution in [1.82, 2.24) is 4.90 Å². The Kier molecular flexibility index (Phi) is 3.62. The molecule has 5 heteroatoms. The van der Waals surface area contributed by atoms with E-state index in [0.29, 0.717) is 19.2 Å². The van der Waals surface area contributed by atoms with E-state index in [9.17, 15) is 13.6 Å². The number of rotatable bonds is 1. The first-order chi connectivity index (χ1) is 8.09. The maximum absolute atomic E-state index is 13.5. The SMILES string of the molecule is O=C(c1cc(Cl)c(F)cc1F)N1CCCCC1. The van der Waals surface area contributed by atoms with E-state index < -0.39 is 17.5 Å². The molecule has 0 radical (unpaired) electrons. The summed E-state index contributed by atoms with van der Waals surface area (Å²) < 4.78 is 26.5. The first kappa shape index (κ1) is 12.3. The van der Waals surface area contributed by atoms with Crippen LogP contribution >= 0.6 is 11.6 Å². The van der Waals surface area contributed by atoms with Gasteiger partial charge in [-0.05, 0) is 25.3 Å². The Morgan fingerprint density at radius 2 is 1.76 bits per heavy atom. The van der Waals surface area contributed by atoms with Crippen molar-refractivity contribution < 1.29 is 13.6 Å². The summed E-state index contributed by atoms with van der Waals surface area (Å²) in [5.41, 5.74) is -0.154. The lowest BCUT2D eigenvalue weighted by Crippen LogP contribution is -2.36. The second-order valence-corrected chi connectivity index (χ2v) is 4.51. The summed E-state index contributed by atoms with van der Waals surface area (Å²) in [6.07, 6.45) is 2.92. The number of hydrogen-bond donors (Lipinski definition) is 0. The highest BCUT2D eigenvalue weighted by atomic mass is 35.5. The fourth-order valence-electron chi connectivity index (χ4n) is 1.95. The second kappa shape index (κ2) is 5.00. The molecule has 0 spiro atoms. The number of benzene rings is 1. The molecule has 0 bridgehead atoms. The summed E-state index contributed by atoms with van der Waals surface area (Å²) >= 11 is 5.56. The van der Waals surface area contributed by atoms with E-state index in [4.69, 9.17) is 11.6 Å². The summed E-state index contributed by atoms with van der Waals surface area (Å²) in [4.78, 5) is 13.6. The van der Waals surface area contributed by atoms with Crippen molar-refractivity contribution in [2.75, 3.05) is 13.1 Å². The molecule has 1 aromatic rings. The van der Waals surface area contributed by atoms with Gasteiger partial charge in [-0.25, -0.2) is 8.78 Å². The van der Waals surface area contributed by atoms with Crippen molar-refractivity contribution >= 4 is 17.5 Å². The van der Waals surface area contributed by atoms with E-state index in [1.807, 2.05) is 0 Å². The first-order valence-electron chi connectivity index (χ1n) is 5.53. The molecule has 1 aliphatic rings. The van der Waals surface area contributed by atoms with Gasteiger partial charge in [-0.3, -0.25) is 4.79 Å². The first-order valence-corrected chi connectivity index (χ1v) is 5.91. The number of amides is 1. The molecule has 1 amide bonds. The van der Waals surface area contributed by atoms with Crippen molar-refractivity contribution in [3.63, 3.8) is 0 Å². The number of piperidine rings is 1. The highest BCUT2D eigenvalue weighted by molar-refractivity contribution is 6.31. The number of hydrogen-bond acceptors (Lipinski definition) is 1. The minimum absolute atomic E-state index is 0.154. The summed E-state index contributed by atoms with van der Waals surface area (Å²) in [6.45, 7) is 1.24. The van der Waals surface area contributed by atoms with Crippen LogP contribution in [0.3, 0.4) is 0 Å². The normalized spacial score (nSPS) is 16.1. The van der Waals surface area contributed by atoms with E-state index in [0.717, 1.165) is 25.3 Å². The van der Waals surface area contributed by atoms with Gasteiger partial charge in [0.15, 0.2) is 0 Å². The van der Waals surface area contributed by atoms with Gasteiger partial charge in [0.1, 0.15) is 11.6 Å². The van der Waals surface area contributed by atoms with Gasteiger partial charge in [0.05, 0.1) is 10.6 Å². The quantitative estimate of drug-likeness (QED) is 0.709. The fourth-order valence-corrected chi connectivity index (χ4v) is 2.12. The topological polar surface area (TPSA) is 20.3 Å². The summed E-state index contributed by atoms with van der Waals surface area (Å²) in [5.74, 6) is -2.12. The molecule has 1 aromatic carbocycles. The predicted molar refractivity (Wildman–Crippen MR) is 61.1 cm³/mol. The van der Waals surface area contributed by atoms with Crippen molar-refractivity contribution in [2.24, 2.45) is 0 Å². The average molecular weight is 260 g/mol. The van der Waals surface area contributed by atoms with E-state index in [1.54, 1.807) is 4.90 Å². The van der Waals surface area contributed by atoms with Crippen LogP contribution in [0.15, 0.2) is 12.1 Å². The van der Waals surface area contributed by atoms with Crippen LogP contribution in [0.2, 0.25) is 5.02 Å². The van der Waals surface area contributed by atoms with Crippen LogP contribution in [0.25, 0.3) is 0 Å². The van der Waals surface area contributed by atoms with Crippen LogP contribution in [0.5, 0.6) is 0 Å². The predicted octanol–water partition coefficient (Wildman–Crippen LogP) is 3.24. The monoisotopic (exact) mass is 259 g/mol. The van der Waals surface area contributed by atoms with Gasteiger partial charge >= 0.3 is 0 Å². The van der Waals surface area contributed by atoms with Crippen molar-refractivity contribution in [3.8, 4) is 0 Å². The highest BCUT2D eigenvalue weighted by Gasteiger charge is 2.22. The van der Waals surface area contributed by atoms with E-state index in [2.05, 4.69) is 0 Å². The zero-order valence-electron chi connectivity index (χ0n) is 9.18. The van der Waals surface area contributed by atoms with E-state index in [-0.39, 0.29) is 10.6 Å². The molecule has 2 nitrogen and oxygen atoms in total. The molecule has 0 N–H and O–H groups in total. The standard InChI is InChI=1S/C12H12ClF2NO/c13-9-6-8(10(14)7-11(9)15)12(17)16-4-2-1-3-5-16/h6-7H,1-5H2. The molecule has 0 aliphatic carbocycles. The molecule has 0 unspecified atom stereocenters. The summed E-state index contributed by atoms with van der Waals surface area (Å²) in [6, 6.07) is 1.71. The molecular weight excluding hydrogens is 248 g/mol. The van der Waals surface area contributed by atoms with Gasteiger partial charge < -0.3 is 4.90 Å². The minimum Gasteiger partial charge on any atom is -0.339 e. The fraction of sp³-hybridized carbons (Fsp3) is 0.417. The third kappa shape index (κ3) is 2.57. The summed E-state index contributed by atoms with van der Waals surface area (Å²) in [5, 5.41) is -0.230. The number of carbonyl (C=O) groups is 1. The Labute approximate surface area is 103 Å². The molecule has 1 saturated heterocycles. The molecular formula is C12H12ClF2NO. The third-order valence-corrected chi connectivity index (χ3v) is 3.17. The second-order valence-electron chi connectivity index (χ2n) is 4.10. The lowest BCUT2D eigenvalue weighted by atomic mass is 10.1. The lowest BCUT2D eigenvalue weighted by Gasteiger charge is -2.26. The molecule has 0 aromatic heterocycles. The summed E-state index contributed by atoms with van der Waals surface area (Å²) in [7, 11) is 0. The Morgan fingerprint density at radius 1 is 1.12 bits per heavy atom. The Hall–Kier alpha value is -1.16. The van der Waals surface area contributed by atoms with Crippen LogP contribution in [0.1, 0.15) is 29.6 Å². The minimum atomic E-state index is -0.859. The van der Waals surface area contributed by atoms with E-state index in [1.165, 1.54) is 0 Å². The van der Waals surface area contributed by atoms with Gasteiger partial charge in [0.25, 0.3) is 5.91 Å². The van der Waals surface area contributed by atoms with Gasteiger partial charge in [-0.2, -0.15) is 0 Å². The van der Waals surface area contributed by atoms with Crippen LogP contribution in [0.4, 0.5) is 8.78 Å². The maximum Gasteiger partial charge on any atom is 0.256 e. The van der Waals surface area contributed by atoms with Crippen LogP contribution in [0, 0.1) is 11.6 Å². The number of likely N-dealkylation sites (tertiary alicyclic amines) is 1. The Morgan fingerprint density at radius 3 is 2.41 bits per heavy atom. The molecule has 92 valence electrons. The molecule has 2 rings (SSSR count). The Bertz CT molecular complexity index is 444. The zero-order chi connectivity index (χ0) is 12.4. The smallest absolute Gasteiger partial charge is 0.256 e. The van der Waals surface area contributed by atoms with Gasteiger partial charge in [-0.15, -0.1) is 0 Å². The lowest BCUT2D eigenvalue weighted by molar-refractivity contribution is 0.0719. The average Bonchev–Trinajstić information content (AvgIpc) is 2.34. The van der Waals surface area contributed by atoms with Gasteiger partial charge in [-0.1, -0.05) is 11.6 Å². The van der Waals surface area contributed by atoms with Crippen molar-refractivity contribution in [1.29, 1.82) is 0 Å². The Balaban J connectivity index is 2.26. The largest absolute Gasteiger partial charge is 0.339 e. The zero-order valence-corrected chi connectivity index (χ0v) is 9.94. The van der Waals surface area contributed by atoms with Gasteiger partial charge in [0.2, 0.25) is 0 Å². The number of halogens is 3. The molecule has 1 aliphatic heterocycles.